The van der Waals surface area contributed by atoms with Crippen LogP contribution < -0.4 is 14.7 Å². The number of Topliss-reactive ketones (excluding diaryl/α,β-unsaturated/α-hetero) is 1. The van der Waals surface area contributed by atoms with Gasteiger partial charge in [0, 0.05) is 24.5 Å². The number of ether oxygens (including phenoxy) is 1. The molecule has 8 heteroatoms. The second kappa shape index (κ2) is 13.1. The Morgan fingerprint density at radius 1 is 0.952 bits per heavy atom. The van der Waals surface area contributed by atoms with E-state index in [0.29, 0.717) is 35.9 Å². The molecule has 0 radical (unpaired) electrons. The van der Waals surface area contributed by atoms with Crippen molar-refractivity contribution in [1.29, 1.82) is 0 Å². The Bertz CT molecular complexity index is 1470. The van der Waals surface area contributed by atoms with E-state index in [0.717, 1.165) is 30.4 Å². The quantitative estimate of drug-likeness (QED) is 0.285. The summed E-state index contributed by atoms with van der Waals surface area (Å²) in [6.45, 7) is 2.73. The van der Waals surface area contributed by atoms with Crippen LogP contribution in [0.3, 0.4) is 0 Å². The van der Waals surface area contributed by atoms with Crippen LogP contribution in [-0.2, 0) is 14.4 Å². The molecule has 1 saturated carbocycles. The van der Waals surface area contributed by atoms with Crippen LogP contribution in [0, 0.1) is 11.7 Å². The van der Waals surface area contributed by atoms with Crippen molar-refractivity contribution >= 4 is 34.7 Å². The van der Waals surface area contributed by atoms with E-state index in [1.165, 1.54) is 12.1 Å². The zero-order chi connectivity index (χ0) is 29.6. The van der Waals surface area contributed by atoms with Gasteiger partial charge in [-0.15, -0.1) is 0 Å². The molecule has 0 saturated heterocycles. The lowest BCUT2D eigenvalue weighted by molar-refractivity contribution is -0.305. The van der Waals surface area contributed by atoms with Gasteiger partial charge in [-0.2, -0.15) is 0 Å². The number of carbonyl (C=O) groups is 3. The predicted molar refractivity (Wildman–Crippen MR) is 156 cm³/mol. The van der Waals surface area contributed by atoms with Crippen LogP contribution in [0.2, 0.25) is 0 Å². The number of nitrogens with zero attached hydrogens (tertiary/aromatic N) is 2. The predicted octanol–water partition coefficient (Wildman–Crippen LogP) is 5.85. The maximum Gasteiger partial charge on any atom is 0.228 e. The van der Waals surface area contributed by atoms with Gasteiger partial charge in [0.25, 0.3) is 0 Å². The standard InChI is InChI=1S/C34H35FN2O5/c1-2-3-6-19-42-26-15-11-23(12-16-26)34-33-28(20-24(21-30(33)38)22-9-13-25(35)14-10-22)36-27-7-4-5-8-29(27)37(34)31(39)17-18-32(40)41/h4-5,7-16,24,33-34H,2-3,6,17-21H2,1H3,(H,40,41)/p-1/t24-,33-,34+/m1/s1. The number of para-hydroxylation sites is 2. The van der Waals surface area contributed by atoms with Gasteiger partial charge in [0.05, 0.1) is 29.9 Å². The highest BCUT2D eigenvalue weighted by atomic mass is 19.1. The molecule has 0 aromatic heterocycles. The molecule has 7 nitrogen and oxygen atoms in total. The lowest BCUT2D eigenvalue weighted by Gasteiger charge is -2.39. The zero-order valence-corrected chi connectivity index (χ0v) is 23.6. The van der Waals surface area contributed by atoms with Crippen molar-refractivity contribution in [2.75, 3.05) is 11.5 Å². The van der Waals surface area contributed by atoms with Gasteiger partial charge in [0.1, 0.15) is 17.3 Å². The van der Waals surface area contributed by atoms with E-state index >= 15 is 0 Å². The molecule has 0 N–H and O–H groups in total. The van der Waals surface area contributed by atoms with Gasteiger partial charge in [-0.3, -0.25) is 14.6 Å². The van der Waals surface area contributed by atoms with E-state index in [4.69, 9.17) is 9.73 Å². The number of carboxylic acid groups (broad SMARTS) is 1. The van der Waals surface area contributed by atoms with Gasteiger partial charge >= 0.3 is 0 Å². The lowest BCUT2D eigenvalue weighted by Crippen LogP contribution is -2.45. The second-order valence-corrected chi connectivity index (χ2v) is 10.9. The maximum absolute atomic E-state index is 14.0. The Balaban J connectivity index is 1.56. The minimum atomic E-state index is -1.32. The van der Waals surface area contributed by atoms with Crippen molar-refractivity contribution in [3.05, 3.63) is 89.7 Å². The van der Waals surface area contributed by atoms with E-state index < -0.39 is 30.3 Å². The molecule has 42 heavy (non-hydrogen) atoms. The number of fused-ring (bicyclic) bond motifs is 2. The number of carbonyl (C=O) groups excluding carboxylic acids is 3. The van der Waals surface area contributed by atoms with E-state index in [1.54, 1.807) is 35.2 Å². The minimum Gasteiger partial charge on any atom is -0.550 e. The summed E-state index contributed by atoms with van der Waals surface area (Å²) in [5, 5.41) is 11.3. The Morgan fingerprint density at radius 3 is 2.38 bits per heavy atom. The lowest BCUT2D eigenvalue weighted by atomic mass is 9.72. The van der Waals surface area contributed by atoms with Gasteiger partial charge in [0.2, 0.25) is 5.91 Å². The topological polar surface area (TPSA) is 99.1 Å². The van der Waals surface area contributed by atoms with Crippen molar-refractivity contribution in [2.45, 2.75) is 63.8 Å². The fraction of sp³-hybridized carbons (Fsp3) is 0.353. The molecule has 0 spiro atoms. The van der Waals surface area contributed by atoms with Crippen LogP contribution >= 0.6 is 0 Å². The summed E-state index contributed by atoms with van der Waals surface area (Å²) >= 11 is 0. The van der Waals surface area contributed by atoms with Crippen molar-refractivity contribution in [1.82, 2.24) is 0 Å². The summed E-state index contributed by atoms with van der Waals surface area (Å²) in [6.07, 6.45) is 3.08. The van der Waals surface area contributed by atoms with E-state index in [-0.39, 0.29) is 30.4 Å². The number of rotatable bonds is 10. The van der Waals surface area contributed by atoms with Gasteiger partial charge in [0.15, 0.2) is 0 Å². The highest BCUT2D eigenvalue weighted by molar-refractivity contribution is 6.13. The summed E-state index contributed by atoms with van der Waals surface area (Å²) in [5.41, 5.74) is 3.27. The molecule has 218 valence electrons. The third-order valence-corrected chi connectivity index (χ3v) is 8.00. The minimum absolute atomic E-state index is 0.0790. The smallest absolute Gasteiger partial charge is 0.228 e. The van der Waals surface area contributed by atoms with Gasteiger partial charge in [-0.05, 0) is 72.7 Å². The summed E-state index contributed by atoms with van der Waals surface area (Å²) in [6, 6.07) is 20.0. The number of hydrogen-bond donors (Lipinski definition) is 0. The van der Waals surface area contributed by atoms with Gasteiger partial charge in [-0.25, -0.2) is 4.39 Å². The molecule has 1 heterocycles. The van der Waals surface area contributed by atoms with E-state index in [2.05, 4.69) is 6.92 Å². The SMILES string of the molecule is CCCCCOc1ccc([C@H]2[C@H]3C(=O)C[C@H](c4ccc(F)cc4)CC3=Nc3ccccc3N2C(=O)CCC(=O)[O-])cc1. The number of carboxylic acids is 1. The highest BCUT2D eigenvalue weighted by Gasteiger charge is 2.46. The van der Waals surface area contributed by atoms with Crippen LogP contribution in [0.1, 0.15) is 75.0 Å². The normalized spacial score (nSPS) is 19.8. The number of benzene rings is 3. The molecule has 1 aliphatic heterocycles. The molecule has 0 unspecified atom stereocenters. The summed E-state index contributed by atoms with van der Waals surface area (Å²) < 4.78 is 19.5. The van der Waals surface area contributed by atoms with Crippen molar-refractivity contribution in [2.24, 2.45) is 10.9 Å². The number of aliphatic carboxylic acids is 1. The Morgan fingerprint density at radius 2 is 1.67 bits per heavy atom. The second-order valence-electron chi connectivity index (χ2n) is 10.9. The molecule has 5 rings (SSSR count). The first-order chi connectivity index (χ1) is 20.4. The molecule has 1 fully saturated rings. The van der Waals surface area contributed by atoms with Crippen molar-refractivity contribution in [3.8, 4) is 5.75 Å². The Kier molecular flexibility index (Phi) is 9.10. The molecular formula is C34H34FN2O5-. The van der Waals surface area contributed by atoms with Gasteiger partial charge < -0.3 is 19.5 Å². The summed E-state index contributed by atoms with van der Waals surface area (Å²) in [7, 11) is 0. The Labute approximate surface area is 245 Å². The number of unbranched alkanes of at least 4 members (excludes halogenated alkanes) is 2. The fourth-order valence-corrected chi connectivity index (χ4v) is 5.93. The van der Waals surface area contributed by atoms with Crippen LogP contribution in [0.25, 0.3) is 0 Å². The molecule has 2 aliphatic rings. The molecule has 0 bridgehead atoms. The molecule has 3 atom stereocenters. The molecule has 1 aliphatic carbocycles. The van der Waals surface area contributed by atoms with E-state index in [9.17, 15) is 23.9 Å². The first-order valence-electron chi connectivity index (χ1n) is 14.5. The number of amides is 1. The molecule has 3 aromatic carbocycles. The summed E-state index contributed by atoms with van der Waals surface area (Å²) in [5.74, 6) is -2.40. The van der Waals surface area contributed by atoms with Crippen LogP contribution in [0.4, 0.5) is 15.8 Å². The first kappa shape index (κ1) is 29.2. The number of ketones is 1. The first-order valence-corrected chi connectivity index (χ1v) is 14.5. The highest BCUT2D eigenvalue weighted by Crippen LogP contribution is 2.47. The maximum atomic E-state index is 14.0. The fourth-order valence-electron chi connectivity index (χ4n) is 5.93. The monoisotopic (exact) mass is 569 g/mol. The largest absolute Gasteiger partial charge is 0.550 e. The van der Waals surface area contributed by atoms with Crippen molar-refractivity contribution < 1.29 is 28.6 Å². The number of halogens is 1. The number of aliphatic imine (C=N–C) groups is 1. The third-order valence-electron chi connectivity index (χ3n) is 8.00. The molecular weight excluding hydrogens is 535 g/mol. The zero-order valence-electron chi connectivity index (χ0n) is 23.6. The van der Waals surface area contributed by atoms with Crippen LogP contribution in [0.5, 0.6) is 5.75 Å². The third kappa shape index (κ3) is 6.43. The van der Waals surface area contributed by atoms with Crippen molar-refractivity contribution in [3.63, 3.8) is 0 Å². The molecule has 3 aromatic rings. The van der Waals surface area contributed by atoms with Gasteiger partial charge in [-0.1, -0.05) is 56.2 Å². The van der Waals surface area contributed by atoms with E-state index in [1.807, 2.05) is 30.3 Å². The number of hydrogen-bond acceptors (Lipinski definition) is 6. The average Bonchev–Trinajstić information content (AvgIpc) is 3.13. The van der Waals surface area contributed by atoms with Crippen LogP contribution in [-0.4, -0.2) is 30.0 Å². The molecule has 1 amide bonds. The average molecular weight is 570 g/mol. The Hall–Kier alpha value is -4.33. The number of anilines is 1. The summed E-state index contributed by atoms with van der Waals surface area (Å²) in [4.78, 5) is 45.6. The van der Waals surface area contributed by atoms with Crippen LogP contribution in [0.15, 0.2) is 77.8 Å².